The van der Waals surface area contributed by atoms with Gasteiger partial charge < -0.3 is 4.74 Å². The van der Waals surface area contributed by atoms with Crippen molar-refractivity contribution >= 4 is 6.08 Å². The smallest absolute Gasteiger partial charge is 0.406 e. The number of allylic oxidation sites excluding steroid dienone is 2. The average Bonchev–Trinajstić information content (AvgIpc) is 2.54. The van der Waals surface area contributed by atoms with E-state index in [9.17, 15) is 18.4 Å². The number of hydrogen-bond donors (Lipinski definition) is 0. The average molecular weight is 343 g/mol. The predicted molar refractivity (Wildman–Crippen MR) is 92.0 cm³/mol. The Hall–Kier alpha value is -3.00. The van der Waals surface area contributed by atoms with Gasteiger partial charge in [0.1, 0.15) is 11.8 Å². The molecule has 0 heterocycles. The molecule has 0 unspecified atom stereocenters. The van der Waals surface area contributed by atoms with Gasteiger partial charge in [0, 0.05) is 0 Å². The third-order valence-corrected chi connectivity index (χ3v) is 3.74. The fraction of sp³-hybridized carbons (Fsp3) is 0.150. The second-order valence-electron chi connectivity index (χ2n) is 5.43. The molecule has 0 saturated heterocycles. The standard InChI is InChI=1S/C20H16F3NO/c1-4-5-6-17-14(3)18(11-13(2)19(17)12-24)15-7-9-16(10-8-15)25-20(21,22)23/h4-11H,1H2,2-3H3/b6-5-. The molecule has 0 aliphatic heterocycles. The third-order valence-electron chi connectivity index (χ3n) is 3.74. The van der Waals surface area contributed by atoms with Crippen LogP contribution in [0.1, 0.15) is 22.3 Å². The Bertz CT molecular complexity index is 856. The number of benzene rings is 2. The van der Waals surface area contributed by atoms with Crippen LogP contribution in [0.25, 0.3) is 17.2 Å². The molecule has 2 aromatic rings. The van der Waals surface area contributed by atoms with E-state index in [0.717, 1.165) is 27.8 Å². The molecule has 0 fully saturated rings. The number of ether oxygens (including phenoxy) is 1. The highest BCUT2D eigenvalue weighted by molar-refractivity contribution is 5.77. The van der Waals surface area contributed by atoms with Crippen molar-refractivity contribution in [1.82, 2.24) is 0 Å². The van der Waals surface area contributed by atoms with Gasteiger partial charge in [0.25, 0.3) is 0 Å². The topological polar surface area (TPSA) is 33.0 Å². The predicted octanol–water partition coefficient (Wildman–Crippen LogP) is 5.94. The Morgan fingerprint density at radius 1 is 1.16 bits per heavy atom. The molecule has 2 aromatic carbocycles. The SMILES string of the molecule is C=C/C=C\c1c(C)c(-c2ccc(OC(F)(F)F)cc2)cc(C)c1C#N. The van der Waals surface area contributed by atoms with Crippen molar-refractivity contribution in [2.24, 2.45) is 0 Å². The molecule has 0 amide bonds. The number of rotatable bonds is 4. The zero-order valence-corrected chi connectivity index (χ0v) is 13.8. The largest absolute Gasteiger partial charge is 0.573 e. The summed E-state index contributed by atoms with van der Waals surface area (Å²) in [4.78, 5) is 0. The van der Waals surface area contributed by atoms with E-state index in [1.54, 1.807) is 30.4 Å². The molecule has 0 N–H and O–H groups in total. The number of alkyl halides is 3. The van der Waals surface area contributed by atoms with Gasteiger partial charge in [-0.25, -0.2) is 0 Å². The lowest BCUT2D eigenvalue weighted by atomic mass is 9.89. The maximum Gasteiger partial charge on any atom is 0.573 e. The lowest BCUT2D eigenvalue weighted by Gasteiger charge is -2.14. The molecule has 0 saturated carbocycles. The van der Waals surface area contributed by atoms with Gasteiger partial charge in [-0.2, -0.15) is 5.26 Å². The van der Waals surface area contributed by atoms with Gasteiger partial charge in [0.2, 0.25) is 0 Å². The minimum absolute atomic E-state index is 0.272. The molecule has 2 nitrogen and oxygen atoms in total. The van der Waals surface area contributed by atoms with E-state index in [1.807, 2.05) is 19.9 Å². The van der Waals surface area contributed by atoms with Crippen LogP contribution in [-0.4, -0.2) is 6.36 Å². The summed E-state index contributed by atoms with van der Waals surface area (Å²) >= 11 is 0. The summed E-state index contributed by atoms with van der Waals surface area (Å²) < 4.78 is 40.7. The summed E-state index contributed by atoms with van der Waals surface area (Å²) in [5, 5.41) is 9.40. The van der Waals surface area contributed by atoms with Gasteiger partial charge in [-0.3, -0.25) is 0 Å². The van der Waals surface area contributed by atoms with Crippen LogP contribution in [0.2, 0.25) is 0 Å². The van der Waals surface area contributed by atoms with Gasteiger partial charge in [-0.05, 0) is 59.9 Å². The number of nitriles is 1. The Labute approximate surface area is 144 Å². The highest BCUT2D eigenvalue weighted by Crippen LogP contribution is 2.33. The molecule has 0 aliphatic rings. The van der Waals surface area contributed by atoms with E-state index in [1.165, 1.54) is 12.1 Å². The van der Waals surface area contributed by atoms with Crippen LogP contribution < -0.4 is 4.74 Å². The first-order valence-corrected chi connectivity index (χ1v) is 7.46. The number of hydrogen-bond acceptors (Lipinski definition) is 2. The Morgan fingerprint density at radius 2 is 1.80 bits per heavy atom. The summed E-state index contributed by atoms with van der Waals surface area (Å²) in [5.74, 6) is -0.272. The van der Waals surface area contributed by atoms with Gasteiger partial charge in [-0.15, -0.1) is 13.2 Å². The minimum Gasteiger partial charge on any atom is -0.406 e. The molecule has 0 aliphatic carbocycles. The van der Waals surface area contributed by atoms with E-state index in [4.69, 9.17) is 0 Å². The van der Waals surface area contributed by atoms with Crippen LogP contribution in [0.3, 0.4) is 0 Å². The summed E-state index contributed by atoms with van der Waals surface area (Å²) in [5.41, 5.74) is 4.59. The zero-order chi connectivity index (χ0) is 18.6. The highest BCUT2D eigenvalue weighted by Gasteiger charge is 2.31. The normalized spacial score (nSPS) is 11.4. The maximum atomic E-state index is 12.3. The Kier molecular flexibility index (Phi) is 5.33. The molecule has 0 spiro atoms. The van der Waals surface area contributed by atoms with E-state index >= 15 is 0 Å². The van der Waals surface area contributed by atoms with Crippen molar-refractivity contribution in [3.63, 3.8) is 0 Å². The monoisotopic (exact) mass is 343 g/mol. The number of halogens is 3. The second-order valence-corrected chi connectivity index (χ2v) is 5.43. The van der Waals surface area contributed by atoms with Crippen LogP contribution in [0.4, 0.5) is 13.2 Å². The molecular weight excluding hydrogens is 327 g/mol. The van der Waals surface area contributed by atoms with Crippen LogP contribution >= 0.6 is 0 Å². The van der Waals surface area contributed by atoms with Gasteiger partial charge in [0.05, 0.1) is 5.56 Å². The molecule has 5 heteroatoms. The summed E-state index contributed by atoms with van der Waals surface area (Å²) in [6.45, 7) is 7.33. The highest BCUT2D eigenvalue weighted by atomic mass is 19.4. The summed E-state index contributed by atoms with van der Waals surface area (Å²) in [7, 11) is 0. The number of aryl methyl sites for hydroxylation is 1. The summed E-state index contributed by atoms with van der Waals surface area (Å²) in [6, 6.07) is 9.73. The van der Waals surface area contributed by atoms with Crippen molar-refractivity contribution in [2.75, 3.05) is 0 Å². The molecule has 0 radical (unpaired) electrons. The lowest BCUT2D eigenvalue weighted by molar-refractivity contribution is -0.274. The molecule has 0 aromatic heterocycles. The maximum absolute atomic E-state index is 12.3. The van der Waals surface area contributed by atoms with Gasteiger partial charge >= 0.3 is 6.36 Å². The van der Waals surface area contributed by atoms with Crippen molar-refractivity contribution in [1.29, 1.82) is 5.26 Å². The molecule has 0 bridgehead atoms. The van der Waals surface area contributed by atoms with E-state index in [2.05, 4.69) is 17.4 Å². The Balaban J connectivity index is 2.53. The lowest BCUT2D eigenvalue weighted by Crippen LogP contribution is -2.16. The van der Waals surface area contributed by atoms with Crippen molar-refractivity contribution in [2.45, 2.75) is 20.2 Å². The molecule has 25 heavy (non-hydrogen) atoms. The van der Waals surface area contributed by atoms with E-state index < -0.39 is 6.36 Å². The fourth-order valence-corrected chi connectivity index (χ4v) is 2.60. The van der Waals surface area contributed by atoms with Crippen molar-refractivity contribution in [3.8, 4) is 22.9 Å². The van der Waals surface area contributed by atoms with Gasteiger partial charge in [-0.1, -0.05) is 36.9 Å². The first-order chi connectivity index (χ1) is 11.8. The molecule has 0 atom stereocenters. The van der Waals surface area contributed by atoms with Crippen molar-refractivity contribution in [3.05, 3.63) is 71.3 Å². The summed E-state index contributed by atoms with van der Waals surface area (Å²) in [6.07, 6.45) is 0.447. The van der Waals surface area contributed by atoms with Crippen LogP contribution in [-0.2, 0) is 0 Å². The van der Waals surface area contributed by atoms with Gasteiger partial charge in [0.15, 0.2) is 0 Å². The molecular formula is C20H16F3NO. The Morgan fingerprint density at radius 3 is 2.32 bits per heavy atom. The van der Waals surface area contributed by atoms with E-state index in [-0.39, 0.29) is 5.75 Å². The quantitative estimate of drug-likeness (QED) is 0.644. The van der Waals surface area contributed by atoms with Crippen LogP contribution in [0.5, 0.6) is 5.75 Å². The van der Waals surface area contributed by atoms with Crippen LogP contribution in [0.15, 0.2) is 49.1 Å². The molecule has 128 valence electrons. The first kappa shape index (κ1) is 18.3. The zero-order valence-electron chi connectivity index (χ0n) is 13.8. The third kappa shape index (κ3) is 4.30. The minimum atomic E-state index is -4.72. The first-order valence-electron chi connectivity index (χ1n) is 7.46. The second kappa shape index (κ2) is 7.27. The van der Waals surface area contributed by atoms with E-state index in [0.29, 0.717) is 5.56 Å². The number of nitrogens with zero attached hydrogens (tertiary/aromatic N) is 1. The van der Waals surface area contributed by atoms with Crippen LogP contribution in [0, 0.1) is 25.2 Å². The molecule has 2 rings (SSSR count). The fourth-order valence-electron chi connectivity index (χ4n) is 2.60. The van der Waals surface area contributed by atoms with Crippen molar-refractivity contribution < 1.29 is 17.9 Å².